The van der Waals surface area contributed by atoms with E-state index in [1.807, 2.05) is 24.4 Å². The molecule has 3 heterocycles. The maximum absolute atomic E-state index is 6.48. The van der Waals surface area contributed by atoms with E-state index >= 15 is 0 Å². The minimum Gasteiger partial charge on any atom is -0.312 e. The molecule has 0 atom stereocenters. The van der Waals surface area contributed by atoms with E-state index in [0.29, 0.717) is 5.92 Å². The highest BCUT2D eigenvalue weighted by molar-refractivity contribution is 6.32. The summed E-state index contributed by atoms with van der Waals surface area (Å²) in [6, 6.07) is 8.04. The Morgan fingerprint density at radius 1 is 1.12 bits per heavy atom. The van der Waals surface area contributed by atoms with E-state index in [-0.39, 0.29) is 0 Å². The minimum atomic E-state index is 0.648. The molecule has 5 nitrogen and oxygen atoms in total. The van der Waals surface area contributed by atoms with Gasteiger partial charge in [0.15, 0.2) is 0 Å². The third-order valence-electron chi connectivity index (χ3n) is 5.01. The van der Waals surface area contributed by atoms with Gasteiger partial charge in [0, 0.05) is 47.7 Å². The third-order valence-corrected chi connectivity index (χ3v) is 5.36. The summed E-state index contributed by atoms with van der Waals surface area (Å²) in [5.41, 5.74) is 2.10. The van der Waals surface area contributed by atoms with Crippen molar-refractivity contribution >= 4 is 22.5 Å². The maximum Gasteiger partial charge on any atom is 0.147 e. The van der Waals surface area contributed by atoms with Crippen LogP contribution < -0.4 is 0 Å². The van der Waals surface area contributed by atoms with Gasteiger partial charge >= 0.3 is 0 Å². The molecule has 5 rings (SSSR count). The lowest BCUT2D eigenvalue weighted by Crippen LogP contribution is -2.34. The standard InChI is InChI=1S/C18H18ClN5/c19-15-6-5-12-2-1-7-20-17(12)14(15)10-23-8-9-24-16(11-23)21-22-18(24)13-3-4-13/h1-2,5-7,13H,3-4,8-11H2. The molecule has 3 aromatic rings. The van der Waals surface area contributed by atoms with Gasteiger partial charge in [-0.05, 0) is 25.0 Å². The first-order valence-electron chi connectivity index (χ1n) is 8.46. The van der Waals surface area contributed by atoms with Gasteiger partial charge in [-0.25, -0.2) is 0 Å². The van der Waals surface area contributed by atoms with Crippen LogP contribution in [-0.2, 0) is 19.6 Å². The van der Waals surface area contributed by atoms with Gasteiger partial charge in [0.1, 0.15) is 11.6 Å². The van der Waals surface area contributed by atoms with Crippen molar-refractivity contribution in [2.24, 2.45) is 0 Å². The van der Waals surface area contributed by atoms with Crippen LogP contribution in [-0.4, -0.2) is 31.2 Å². The number of benzene rings is 1. The van der Waals surface area contributed by atoms with Gasteiger partial charge in [0.05, 0.1) is 12.1 Å². The molecule has 0 N–H and O–H groups in total. The van der Waals surface area contributed by atoms with Gasteiger partial charge in [-0.15, -0.1) is 10.2 Å². The lowest BCUT2D eigenvalue weighted by Gasteiger charge is -2.28. The molecule has 1 fully saturated rings. The lowest BCUT2D eigenvalue weighted by molar-refractivity contribution is 0.208. The summed E-state index contributed by atoms with van der Waals surface area (Å²) in [5.74, 6) is 2.91. The molecule has 1 aliphatic heterocycles. The molecule has 0 bridgehead atoms. The Bertz CT molecular complexity index is 915. The van der Waals surface area contributed by atoms with E-state index in [9.17, 15) is 0 Å². The Morgan fingerprint density at radius 2 is 2.04 bits per heavy atom. The van der Waals surface area contributed by atoms with Crippen molar-refractivity contribution in [2.75, 3.05) is 6.54 Å². The lowest BCUT2D eigenvalue weighted by atomic mass is 10.1. The Kier molecular flexibility index (Phi) is 3.31. The van der Waals surface area contributed by atoms with Crippen LogP contribution in [0.5, 0.6) is 0 Å². The zero-order chi connectivity index (χ0) is 16.1. The summed E-state index contributed by atoms with van der Waals surface area (Å²) in [6.07, 6.45) is 4.36. The smallest absolute Gasteiger partial charge is 0.147 e. The molecule has 1 saturated carbocycles. The number of fused-ring (bicyclic) bond motifs is 2. The monoisotopic (exact) mass is 339 g/mol. The first-order chi connectivity index (χ1) is 11.8. The second kappa shape index (κ2) is 5.53. The fraction of sp³-hybridized carbons (Fsp3) is 0.389. The number of halogens is 1. The molecule has 0 spiro atoms. The molecule has 0 saturated heterocycles. The Labute approximate surface area is 145 Å². The maximum atomic E-state index is 6.48. The van der Waals surface area contributed by atoms with Crippen LogP contribution in [0.25, 0.3) is 10.9 Å². The predicted molar refractivity (Wildman–Crippen MR) is 92.9 cm³/mol. The second-order valence-corrected chi connectivity index (χ2v) is 7.12. The average Bonchev–Trinajstić information content (AvgIpc) is 3.37. The summed E-state index contributed by atoms with van der Waals surface area (Å²) < 4.78 is 2.32. The average molecular weight is 340 g/mol. The topological polar surface area (TPSA) is 46.8 Å². The summed E-state index contributed by atoms with van der Waals surface area (Å²) in [6.45, 7) is 3.56. The van der Waals surface area contributed by atoms with Crippen LogP contribution in [0.4, 0.5) is 0 Å². The molecule has 2 aromatic heterocycles. The highest BCUT2D eigenvalue weighted by Crippen LogP contribution is 2.39. The summed E-state index contributed by atoms with van der Waals surface area (Å²) >= 11 is 6.48. The summed E-state index contributed by atoms with van der Waals surface area (Å²) in [7, 11) is 0. The van der Waals surface area contributed by atoms with E-state index in [1.165, 1.54) is 18.7 Å². The molecule has 0 amide bonds. The third kappa shape index (κ3) is 2.39. The molecular formula is C18H18ClN5. The summed E-state index contributed by atoms with van der Waals surface area (Å²) in [4.78, 5) is 6.93. The van der Waals surface area contributed by atoms with Crippen LogP contribution in [0.1, 0.15) is 36.0 Å². The van der Waals surface area contributed by atoms with Crippen molar-refractivity contribution in [3.8, 4) is 0 Å². The number of aromatic nitrogens is 4. The van der Waals surface area contributed by atoms with E-state index in [4.69, 9.17) is 11.6 Å². The number of nitrogens with zero attached hydrogens (tertiary/aromatic N) is 5. The van der Waals surface area contributed by atoms with E-state index in [2.05, 4.69) is 30.7 Å². The van der Waals surface area contributed by atoms with Crippen molar-refractivity contribution in [1.29, 1.82) is 0 Å². The van der Waals surface area contributed by atoms with Gasteiger partial charge in [-0.2, -0.15) is 0 Å². The molecule has 0 radical (unpaired) electrons. The van der Waals surface area contributed by atoms with Crippen LogP contribution in [0.15, 0.2) is 30.5 Å². The van der Waals surface area contributed by atoms with E-state index in [0.717, 1.165) is 53.5 Å². The minimum absolute atomic E-state index is 0.648. The number of rotatable bonds is 3. The van der Waals surface area contributed by atoms with Crippen molar-refractivity contribution < 1.29 is 0 Å². The molecule has 6 heteroatoms. The van der Waals surface area contributed by atoms with Crippen LogP contribution >= 0.6 is 11.6 Å². The highest BCUT2D eigenvalue weighted by Gasteiger charge is 2.32. The molecule has 122 valence electrons. The number of pyridine rings is 1. The van der Waals surface area contributed by atoms with Crippen LogP contribution in [0, 0.1) is 0 Å². The van der Waals surface area contributed by atoms with Gasteiger partial charge < -0.3 is 4.57 Å². The SMILES string of the molecule is Clc1ccc2cccnc2c1CN1CCn2c(nnc2C2CC2)C1. The van der Waals surface area contributed by atoms with Gasteiger partial charge in [0.25, 0.3) is 0 Å². The Hall–Kier alpha value is -1.98. The van der Waals surface area contributed by atoms with E-state index < -0.39 is 0 Å². The van der Waals surface area contributed by atoms with Crippen LogP contribution in [0.3, 0.4) is 0 Å². The zero-order valence-electron chi connectivity index (χ0n) is 13.3. The first kappa shape index (κ1) is 14.4. The highest BCUT2D eigenvalue weighted by atomic mass is 35.5. The molecule has 0 unspecified atom stereocenters. The molecule has 1 aliphatic carbocycles. The van der Waals surface area contributed by atoms with Crippen molar-refractivity contribution in [3.05, 3.63) is 52.7 Å². The molecule has 2 aliphatic rings. The molecule has 24 heavy (non-hydrogen) atoms. The predicted octanol–water partition coefficient (Wildman–Crippen LogP) is 3.37. The number of hydrogen-bond acceptors (Lipinski definition) is 4. The normalized spacial score (nSPS) is 18.0. The van der Waals surface area contributed by atoms with Gasteiger partial charge in [-0.1, -0.05) is 23.7 Å². The quantitative estimate of drug-likeness (QED) is 0.734. The van der Waals surface area contributed by atoms with Crippen molar-refractivity contribution in [1.82, 2.24) is 24.6 Å². The fourth-order valence-electron chi connectivity index (χ4n) is 3.56. The molecular weight excluding hydrogens is 322 g/mol. The van der Waals surface area contributed by atoms with E-state index in [1.54, 1.807) is 0 Å². The van der Waals surface area contributed by atoms with Crippen molar-refractivity contribution in [2.45, 2.75) is 38.4 Å². The first-order valence-corrected chi connectivity index (χ1v) is 8.84. The van der Waals surface area contributed by atoms with Crippen molar-refractivity contribution in [3.63, 3.8) is 0 Å². The Balaban J connectivity index is 1.43. The Morgan fingerprint density at radius 3 is 2.92 bits per heavy atom. The summed E-state index contributed by atoms with van der Waals surface area (Å²) in [5, 5.41) is 10.8. The number of hydrogen-bond donors (Lipinski definition) is 0. The zero-order valence-corrected chi connectivity index (χ0v) is 14.1. The van der Waals surface area contributed by atoms with Crippen LogP contribution in [0.2, 0.25) is 5.02 Å². The van der Waals surface area contributed by atoms with Gasteiger partial charge in [0.2, 0.25) is 0 Å². The second-order valence-electron chi connectivity index (χ2n) is 6.71. The van der Waals surface area contributed by atoms with Gasteiger partial charge in [-0.3, -0.25) is 9.88 Å². The molecule has 1 aromatic carbocycles. The largest absolute Gasteiger partial charge is 0.312 e. The fourth-order valence-corrected chi connectivity index (χ4v) is 3.78.